The summed E-state index contributed by atoms with van der Waals surface area (Å²) < 4.78 is 0. The molecule has 1 saturated heterocycles. The zero-order valence-corrected chi connectivity index (χ0v) is 10.2. The van der Waals surface area contributed by atoms with E-state index in [4.69, 9.17) is 0 Å². The lowest BCUT2D eigenvalue weighted by atomic mass is 9.99. The van der Waals surface area contributed by atoms with E-state index < -0.39 is 0 Å². The van der Waals surface area contributed by atoms with Crippen molar-refractivity contribution in [2.24, 2.45) is 5.92 Å². The fourth-order valence-corrected chi connectivity index (χ4v) is 2.43. The van der Waals surface area contributed by atoms with E-state index in [1.54, 1.807) is 0 Å². The third-order valence-corrected chi connectivity index (χ3v) is 3.27. The van der Waals surface area contributed by atoms with E-state index in [-0.39, 0.29) is 0 Å². The Morgan fingerprint density at radius 1 is 1.56 bits per heavy atom. The van der Waals surface area contributed by atoms with E-state index in [0.29, 0.717) is 0 Å². The Labute approximate surface area is 97.9 Å². The predicted molar refractivity (Wildman–Crippen MR) is 67.8 cm³/mol. The molecule has 0 saturated carbocycles. The van der Waals surface area contributed by atoms with E-state index in [1.807, 2.05) is 12.3 Å². The first-order valence-electron chi connectivity index (χ1n) is 6.11. The zero-order valence-electron chi connectivity index (χ0n) is 10.2. The molecule has 1 N–H and O–H groups in total. The Hall–Kier alpha value is -1.09. The lowest BCUT2D eigenvalue weighted by molar-refractivity contribution is 0.380. The van der Waals surface area contributed by atoms with Crippen molar-refractivity contribution >= 4 is 5.82 Å². The minimum Gasteiger partial charge on any atom is -0.359 e. The number of nitrogens with one attached hydrogen (secondary N) is 1. The minimum atomic E-state index is 0.764. The molecule has 88 valence electrons. The lowest BCUT2D eigenvalue weighted by Crippen LogP contribution is -2.37. The highest BCUT2D eigenvalue weighted by molar-refractivity contribution is 5.44. The minimum absolute atomic E-state index is 0.764. The molecule has 1 aromatic heterocycles. The van der Waals surface area contributed by atoms with Crippen LogP contribution in [0, 0.1) is 12.8 Å². The number of nitrogens with zero attached hydrogens (tertiary/aromatic N) is 2. The maximum Gasteiger partial charge on any atom is 0.131 e. The summed E-state index contributed by atoms with van der Waals surface area (Å²) in [5.74, 6) is 1.88. The number of hydrogen-bond acceptors (Lipinski definition) is 3. The molecule has 1 unspecified atom stereocenters. The van der Waals surface area contributed by atoms with Crippen LogP contribution in [0.15, 0.2) is 18.3 Å². The van der Waals surface area contributed by atoms with Crippen LogP contribution in [-0.2, 0) is 0 Å². The van der Waals surface area contributed by atoms with Gasteiger partial charge in [-0.25, -0.2) is 4.98 Å². The molecule has 1 aromatic rings. The van der Waals surface area contributed by atoms with Crippen LogP contribution in [0.1, 0.15) is 18.4 Å². The summed E-state index contributed by atoms with van der Waals surface area (Å²) in [6.07, 6.45) is 4.51. The van der Waals surface area contributed by atoms with Gasteiger partial charge in [0.25, 0.3) is 0 Å². The molecule has 0 aliphatic carbocycles. The molecular weight excluding hydrogens is 198 g/mol. The average molecular weight is 219 g/mol. The summed E-state index contributed by atoms with van der Waals surface area (Å²) in [5.41, 5.74) is 1.26. The van der Waals surface area contributed by atoms with Gasteiger partial charge in [-0.3, -0.25) is 0 Å². The highest BCUT2D eigenvalue weighted by Crippen LogP contribution is 2.18. The Morgan fingerprint density at radius 2 is 2.44 bits per heavy atom. The van der Waals surface area contributed by atoms with Gasteiger partial charge in [0.15, 0.2) is 0 Å². The summed E-state index contributed by atoms with van der Waals surface area (Å²) >= 11 is 0. The van der Waals surface area contributed by atoms with Crippen molar-refractivity contribution in [3.05, 3.63) is 23.9 Å². The van der Waals surface area contributed by atoms with Crippen molar-refractivity contribution in [1.29, 1.82) is 0 Å². The summed E-state index contributed by atoms with van der Waals surface area (Å²) in [7, 11) is 2.14. The monoisotopic (exact) mass is 219 g/mol. The van der Waals surface area contributed by atoms with Crippen molar-refractivity contribution in [3.8, 4) is 0 Å². The van der Waals surface area contributed by atoms with Gasteiger partial charge >= 0.3 is 0 Å². The van der Waals surface area contributed by atoms with Crippen LogP contribution in [0.2, 0.25) is 0 Å². The van der Waals surface area contributed by atoms with Gasteiger partial charge < -0.3 is 10.2 Å². The number of aryl methyl sites for hydroxylation is 1. The van der Waals surface area contributed by atoms with Crippen LogP contribution >= 0.6 is 0 Å². The Bertz CT molecular complexity index is 332. The quantitative estimate of drug-likeness (QED) is 0.840. The molecule has 2 heterocycles. The normalized spacial score (nSPS) is 20.8. The second-order valence-corrected chi connectivity index (χ2v) is 4.74. The van der Waals surface area contributed by atoms with Crippen molar-refractivity contribution in [2.75, 3.05) is 31.6 Å². The molecule has 0 aromatic carbocycles. The summed E-state index contributed by atoms with van der Waals surface area (Å²) in [6.45, 7) is 5.56. The smallest absolute Gasteiger partial charge is 0.131 e. The SMILES string of the molecule is Cc1cccnc1N(C)CC1CCCNC1. The van der Waals surface area contributed by atoms with Crippen LogP contribution < -0.4 is 10.2 Å². The second kappa shape index (κ2) is 5.30. The summed E-state index contributed by atoms with van der Waals surface area (Å²) in [4.78, 5) is 6.73. The zero-order chi connectivity index (χ0) is 11.4. The van der Waals surface area contributed by atoms with E-state index in [9.17, 15) is 0 Å². The van der Waals surface area contributed by atoms with Gasteiger partial charge in [-0.05, 0) is 50.4 Å². The largest absolute Gasteiger partial charge is 0.359 e. The van der Waals surface area contributed by atoms with Crippen LogP contribution in [-0.4, -0.2) is 31.7 Å². The van der Waals surface area contributed by atoms with Gasteiger partial charge in [0.1, 0.15) is 5.82 Å². The van der Waals surface area contributed by atoms with Crippen molar-refractivity contribution in [3.63, 3.8) is 0 Å². The average Bonchev–Trinajstić information content (AvgIpc) is 2.31. The van der Waals surface area contributed by atoms with Crippen LogP contribution in [0.4, 0.5) is 5.82 Å². The molecule has 0 spiro atoms. The maximum absolute atomic E-state index is 4.45. The maximum atomic E-state index is 4.45. The first-order chi connectivity index (χ1) is 7.77. The molecule has 2 rings (SSSR count). The van der Waals surface area contributed by atoms with Crippen LogP contribution in [0.5, 0.6) is 0 Å². The Kier molecular flexibility index (Phi) is 3.78. The highest BCUT2D eigenvalue weighted by atomic mass is 15.2. The summed E-state index contributed by atoms with van der Waals surface area (Å²) in [5, 5.41) is 3.46. The molecular formula is C13H21N3. The molecule has 1 aliphatic rings. The third kappa shape index (κ3) is 2.73. The molecule has 0 amide bonds. The molecule has 0 radical (unpaired) electrons. The van der Waals surface area contributed by atoms with Gasteiger partial charge in [-0.1, -0.05) is 6.07 Å². The fourth-order valence-electron chi connectivity index (χ4n) is 2.43. The molecule has 0 bridgehead atoms. The van der Waals surface area contributed by atoms with Gasteiger partial charge in [-0.15, -0.1) is 0 Å². The number of rotatable bonds is 3. The van der Waals surface area contributed by atoms with Gasteiger partial charge in [-0.2, -0.15) is 0 Å². The molecule has 16 heavy (non-hydrogen) atoms. The molecule has 1 fully saturated rings. The Morgan fingerprint density at radius 3 is 3.12 bits per heavy atom. The van der Waals surface area contributed by atoms with Crippen molar-refractivity contribution < 1.29 is 0 Å². The lowest BCUT2D eigenvalue weighted by Gasteiger charge is -2.28. The van der Waals surface area contributed by atoms with Gasteiger partial charge in [0, 0.05) is 19.8 Å². The first kappa shape index (κ1) is 11.4. The molecule has 1 aliphatic heterocycles. The van der Waals surface area contributed by atoms with E-state index in [0.717, 1.165) is 24.8 Å². The van der Waals surface area contributed by atoms with Crippen molar-refractivity contribution in [2.45, 2.75) is 19.8 Å². The third-order valence-electron chi connectivity index (χ3n) is 3.27. The number of hydrogen-bond donors (Lipinski definition) is 1. The number of aromatic nitrogens is 1. The predicted octanol–water partition coefficient (Wildman–Crippen LogP) is 1.83. The van der Waals surface area contributed by atoms with E-state index in [1.165, 1.54) is 24.9 Å². The van der Waals surface area contributed by atoms with E-state index in [2.05, 4.69) is 35.2 Å². The molecule has 1 atom stereocenters. The van der Waals surface area contributed by atoms with E-state index >= 15 is 0 Å². The topological polar surface area (TPSA) is 28.2 Å². The number of piperidine rings is 1. The summed E-state index contributed by atoms with van der Waals surface area (Å²) in [6, 6.07) is 4.12. The van der Waals surface area contributed by atoms with Crippen LogP contribution in [0.25, 0.3) is 0 Å². The van der Waals surface area contributed by atoms with Crippen LogP contribution in [0.3, 0.4) is 0 Å². The fraction of sp³-hybridized carbons (Fsp3) is 0.615. The Balaban J connectivity index is 1.96. The number of pyridine rings is 1. The highest BCUT2D eigenvalue weighted by Gasteiger charge is 2.16. The van der Waals surface area contributed by atoms with Crippen molar-refractivity contribution in [1.82, 2.24) is 10.3 Å². The second-order valence-electron chi connectivity index (χ2n) is 4.74. The molecule has 3 heteroatoms. The van der Waals surface area contributed by atoms with Gasteiger partial charge in [0.2, 0.25) is 0 Å². The number of anilines is 1. The standard InChI is InChI=1S/C13H21N3/c1-11-5-3-8-15-13(11)16(2)10-12-6-4-7-14-9-12/h3,5,8,12,14H,4,6-7,9-10H2,1-2H3. The first-order valence-corrected chi connectivity index (χ1v) is 6.11. The molecule has 3 nitrogen and oxygen atoms in total. The van der Waals surface area contributed by atoms with Gasteiger partial charge in [0.05, 0.1) is 0 Å².